The van der Waals surface area contributed by atoms with E-state index in [4.69, 9.17) is 0 Å². The molecule has 0 spiro atoms. The van der Waals surface area contributed by atoms with Crippen LogP contribution in [0, 0.1) is 5.92 Å². The van der Waals surface area contributed by atoms with Crippen molar-refractivity contribution in [1.82, 2.24) is 8.85 Å². The summed E-state index contributed by atoms with van der Waals surface area (Å²) in [5, 5.41) is 3.24. The van der Waals surface area contributed by atoms with Gasteiger partial charge < -0.3 is 5.32 Å². The van der Waals surface area contributed by atoms with Crippen LogP contribution in [-0.4, -0.2) is 20.1 Å². The summed E-state index contributed by atoms with van der Waals surface area (Å²) in [4.78, 5) is 0. The fourth-order valence-electron chi connectivity index (χ4n) is 1.40. The van der Waals surface area contributed by atoms with Crippen LogP contribution >= 0.6 is 22.9 Å². The number of hydrogen-bond donors (Lipinski definition) is 2. The summed E-state index contributed by atoms with van der Waals surface area (Å²) in [5.41, 5.74) is 1.51. The van der Waals surface area contributed by atoms with Crippen molar-refractivity contribution in [3.63, 3.8) is 0 Å². The van der Waals surface area contributed by atoms with Gasteiger partial charge in [-0.2, -0.15) is 0 Å². The average molecular weight is 296 g/mol. The van der Waals surface area contributed by atoms with Crippen molar-refractivity contribution < 1.29 is 0 Å². The van der Waals surface area contributed by atoms with Crippen molar-refractivity contribution in [2.24, 2.45) is 5.92 Å². The van der Waals surface area contributed by atoms with Gasteiger partial charge in [0, 0.05) is 29.4 Å². The molecule has 0 aliphatic carbocycles. The third-order valence-corrected chi connectivity index (χ3v) is 2.70. The molecule has 0 fully saturated rings. The standard InChI is InChI=1S/C10H21IN2/c1-4-9(7-12-3)6-10(5-2)8-13-11/h5,9,12-13H,4,6-8H2,1-3H3/b10-5+/t9-/m0/s1. The van der Waals surface area contributed by atoms with Gasteiger partial charge in [-0.1, -0.05) is 25.0 Å². The summed E-state index contributed by atoms with van der Waals surface area (Å²) in [6.45, 7) is 6.51. The van der Waals surface area contributed by atoms with Gasteiger partial charge in [0.15, 0.2) is 0 Å². The summed E-state index contributed by atoms with van der Waals surface area (Å²) in [6.07, 6.45) is 4.69. The molecule has 0 radical (unpaired) electrons. The van der Waals surface area contributed by atoms with E-state index in [1.165, 1.54) is 18.4 Å². The minimum atomic E-state index is 0.779. The van der Waals surface area contributed by atoms with Crippen LogP contribution in [-0.2, 0) is 0 Å². The number of rotatable bonds is 7. The van der Waals surface area contributed by atoms with Gasteiger partial charge in [0.1, 0.15) is 0 Å². The van der Waals surface area contributed by atoms with Crippen LogP contribution in [0.1, 0.15) is 26.7 Å². The fraction of sp³-hybridized carbons (Fsp3) is 0.800. The molecule has 1 atom stereocenters. The van der Waals surface area contributed by atoms with E-state index in [0.29, 0.717) is 0 Å². The monoisotopic (exact) mass is 296 g/mol. The Kier molecular flexibility index (Phi) is 9.23. The SMILES string of the molecule is C/C=C(/CNI)C[C@H](CC)CNC. The van der Waals surface area contributed by atoms with E-state index < -0.39 is 0 Å². The fourth-order valence-corrected chi connectivity index (χ4v) is 1.89. The first-order valence-electron chi connectivity index (χ1n) is 4.90. The Morgan fingerprint density at radius 1 is 1.54 bits per heavy atom. The zero-order chi connectivity index (χ0) is 10.1. The molecule has 0 aromatic carbocycles. The quantitative estimate of drug-likeness (QED) is 0.428. The average Bonchev–Trinajstić information content (AvgIpc) is 2.16. The molecule has 0 amide bonds. The molecule has 78 valence electrons. The molecule has 0 bridgehead atoms. The molecule has 0 aromatic rings. The second-order valence-electron chi connectivity index (χ2n) is 3.29. The second kappa shape index (κ2) is 8.97. The van der Waals surface area contributed by atoms with Crippen LogP contribution in [0.5, 0.6) is 0 Å². The smallest absolute Gasteiger partial charge is 0.0260 e. The van der Waals surface area contributed by atoms with Gasteiger partial charge in [0.05, 0.1) is 0 Å². The molecule has 3 heteroatoms. The van der Waals surface area contributed by atoms with Gasteiger partial charge in [-0.05, 0) is 32.9 Å². The van der Waals surface area contributed by atoms with Crippen molar-refractivity contribution in [3.8, 4) is 0 Å². The Balaban J connectivity index is 3.88. The maximum atomic E-state index is 3.24. The highest BCUT2D eigenvalue weighted by atomic mass is 127. The molecule has 2 nitrogen and oxygen atoms in total. The van der Waals surface area contributed by atoms with Crippen molar-refractivity contribution in [3.05, 3.63) is 11.6 Å². The van der Waals surface area contributed by atoms with E-state index in [1.54, 1.807) is 0 Å². The lowest BCUT2D eigenvalue weighted by atomic mass is 9.97. The van der Waals surface area contributed by atoms with Gasteiger partial charge in [-0.15, -0.1) is 0 Å². The third-order valence-electron chi connectivity index (χ3n) is 2.32. The van der Waals surface area contributed by atoms with E-state index in [1.807, 2.05) is 7.05 Å². The normalized spacial score (nSPS) is 14.6. The molecule has 0 aromatic heterocycles. The summed E-state index contributed by atoms with van der Waals surface area (Å²) in [5.74, 6) is 0.779. The van der Waals surface area contributed by atoms with Crippen molar-refractivity contribution in [1.29, 1.82) is 0 Å². The summed E-state index contributed by atoms with van der Waals surface area (Å²) >= 11 is 2.20. The maximum absolute atomic E-state index is 3.24. The molecule has 0 heterocycles. The van der Waals surface area contributed by atoms with E-state index in [0.717, 1.165) is 19.0 Å². The first kappa shape index (κ1) is 13.4. The molecule has 0 saturated heterocycles. The van der Waals surface area contributed by atoms with Crippen LogP contribution in [0.3, 0.4) is 0 Å². The van der Waals surface area contributed by atoms with Crippen molar-refractivity contribution in [2.75, 3.05) is 20.1 Å². The molecular formula is C10H21IN2. The predicted octanol–water partition coefficient (Wildman–Crippen LogP) is 2.51. The summed E-state index contributed by atoms with van der Waals surface area (Å²) < 4.78 is 3.17. The van der Waals surface area contributed by atoms with Crippen molar-refractivity contribution >= 4 is 22.9 Å². The molecule has 0 rings (SSSR count). The highest BCUT2D eigenvalue weighted by Crippen LogP contribution is 2.14. The molecule has 0 aliphatic heterocycles. The molecule has 0 aliphatic rings. The Morgan fingerprint density at radius 3 is 2.62 bits per heavy atom. The van der Waals surface area contributed by atoms with E-state index in [-0.39, 0.29) is 0 Å². The van der Waals surface area contributed by atoms with Crippen LogP contribution in [0.4, 0.5) is 0 Å². The Bertz CT molecular complexity index is 146. The Morgan fingerprint density at radius 2 is 2.23 bits per heavy atom. The third kappa shape index (κ3) is 6.46. The molecule has 13 heavy (non-hydrogen) atoms. The highest BCUT2D eigenvalue weighted by molar-refractivity contribution is 14.1. The molecule has 0 unspecified atom stereocenters. The summed E-state index contributed by atoms with van der Waals surface area (Å²) in [7, 11) is 2.02. The van der Waals surface area contributed by atoms with Gasteiger partial charge in [0.2, 0.25) is 0 Å². The number of nitrogens with one attached hydrogen (secondary N) is 2. The Labute approximate surface area is 96.1 Å². The lowest BCUT2D eigenvalue weighted by molar-refractivity contribution is 0.476. The van der Waals surface area contributed by atoms with Gasteiger partial charge in [-0.25, -0.2) is 0 Å². The molecule has 0 saturated carbocycles. The summed E-state index contributed by atoms with van der Waals surface area (Å²) in [6, 6.07) is 0. The van der Waals surface area contributed by atoms with Gasteiger partial charge >= 0.3 is 0 Å². The zero-order valence-electron chi connectivity index (χ0n) is 8.86. The van der Waals surface area contributed by atoms with Crippen LogP contribution < -0.4 is 8.85 Å². The van der Waals surface area contributed by atoms with Crippen LogP contribution in [0.25, 0.3) is 0 Å². The number of hydrogen-bond acceptors (Lipinski definition) is 2. The molecular weight excluding hydrogens is 275 g/mol. The Hall–Kier alpha value is 0.390. The topological polar surface area (TPSA) is 24.1 Å². The minimum absolute atomic E-state index is 0.779. The van der Waals surface area contributed by atoms with E-state index >= 15 is 0 Å². The minimum Gasteiger partial charge on any atom is -0.319 e. The predicted molar refractivity (Wildman–Crippen MR) is 68.1 cm³/mol. The maximum Gasteiger partial charge on any atom is 0.0260 e. The first-order chi connectivity index (χ1) is 6.28. The van der Waals surface area contributed by atoms with Crippen LogP contribution in [0.2, 0.25) is 0 Å². The number of allylic oxidation sites excluding steroid dienone is 1. The van der Waals surface area contributed by atoms with Gasteiger partial charge in [0.25, 0.3) is 0 Å². The van der Waals surface area contributed by atoms with E-state index in [9.17, 15) is 0 Å². The van der Waals surface area contributed by atoms with Crippen LogP contribution in [0.15, 0.2) is 11.6 Å². The zero-order valence-corrected chi connectivity index (χ0v) is 11.0. The largest absolute Gasteiger partial charge is 0.319 e. The molecule has 2 N–H and O–H groups in total. The first-order valence-corrected chi connectivity index (χ1v) is 5.98. The number of halogens is 1. The van der Waals surface area contributed by atoms with Gasteiger partial charge in [-0.3, -0.25) is 3.53 Å². The van der Waals surface area contributed by atoms with Crippen molar-refractivity contribution in [2.45, 2.75) is 26.7 Å². The van der Waals surface area contributed by atoms with E-state index in [2.05, 4.69) is 51.6 Å². The lowest BCUT2D eigenvalue weighted by Crippen LogP contribution is -2.20. The lowest BCUT2D eigenvalue weighted by Gasteiger charge is -2.16. The highest BCUT2D eigenvalue weighted by Gasteiger charge is 2.07. The second-order valence-corrected chi connectivity index (χ2v) is 4.06.